The molecule has 0 aromatic carbocycles. The fourth-order valence-electron chi connectivity index (χ4n) is 0.289. The number of hydrogen-bond donors (Lipinski definition) is 3. The molecule has 0 rings (SSSR count). The summed E-state index contributed by atoms with van der Waals surface area (Å²) in [6.45, 7) is 0.340. The zero-order chi connectivity index (χ0) is 10.2. The van der Waals surface area contributed by atoms with Crippen molar-refractivity contribution < 1.29 is 29.5 Å². The van der Waals surface area contributed by atoms with Gasteiger partial charge < -0.3 is 29.5 Å². The second-order valence-electron chi connectivity index (χ2n) is 1.97. The molecule has 0 unspecified atom stereocenters. The predicted molar refractivity (Wildman–Crippen MR) is 39.9 cm³/mol. The van der Waals surface area contributed by atoms with Crippen LogP contribution in [0.15, 0.2) is 0 Å². The maximum atomic E-state index is 7.63. The molecule has 0 fully saturated rings. The summed E-state index contributed by atoms with van der Waals surface area (Å²) < 4.78 is 13.8. The Bertz CT molecular complexity index is 73.0. The van der Waals surface area contributed by atoms with E-state index < -0.39 is 12.4 Å². The molecule has 0 aliphatic carbocycles. The van der Waals surface area contributed by atoms with Crippen LogP contribution in [0.2, 0.25) is 0 Å². The Morgan fingerprint density at radius 1 is 0.917 bits per heavy atom. The lowest BCUT2D eigenvalue weighted by Gasteiger charge is -2.08. The van der Waals surface area contributed by atoms with Gasteiger partial charge in [0.1, 0.15) is 0 Å². The van der Waals surface area contributed by atoms with Gasteiger partial charge in [-0.25, -0.2) is 0 Å². The highest BCUT2D eigenvalue weighted by Gasteiger charge is 2.03. The van der Waals surface area contributed by atoms with Gasteiger partial charge in [-0.3, -0.25) is 0 Å². The number of aliphatic hydroxyl groups is 3. The lowest BCUT2D eigenvalue weighted by molar-refractivity contribution is -0.297. The average Bonchev–Trinajstić information content (AvgIpc) is 1.88. The van der Waals surface area contributed by atoms with E-state index in [1.165, 1.54) is 21.3 Å². The van der Waals surface area contributed by atoms with Crippen molar-refractivity contribution in [3.8, 4) is 0 Å². The topological polar surface area (TPSA) is 88.4 Å². The molecule has 76 valence electrons. The molecule has 0 aliphatic rings. The summed E-state index contributed by atoms with van der Waals surface area (Å²) >= 11 is 0. The molecule has 0 amide bonds. The molecule has 0 saturated carbocycles. The van der Waals surface area contributed by atoms with E-state index in [9.17, 15) is 0 Å². The molecule has 6 heteroatoms. The van der Waals surface area contributed by atoms with Crippen molar-refractivity contribution in [1.82, 2.24) is 0 Å². The second-order valence-corrected chi connectivity index (χ2v) is 1.97. The van der Waals surface area contributed by atoms with Crippen LogP contribution in [0.5, 0.6) is 0 Å². The third kappa shape index (κ3) is 22.6. The monoisotopic (exact) mass is 184 g/mol. The molecule has 0 aromatic heterocycles. The van der Waals surface area contributed by atoms with Crippen LogP contribution in [0.1, 0.15) is 6.92 Å². The van der Waals surface area contributed by atoms with Crippen LogP contribution in [0, 0.1) is 0 Å². The number of hydrogen-bond acceptors (Lipinski definition) is 6. The van der Waals surface area contributed by atoms with Crippen LogP contribution >= 0.6 is 0 Å². The molecule has 0 bridgehead atoms. The Hall–Kier alpha value is -0.240. The highest BCUT2D eigenvalue weighted by Crippen LogP contribution is 1.87. The summed E-state index contributed by atoms with van der Waals surface area (Å²) in [7, 11) is 4.53. The Morgan fingerprint density at radius 3 is 1.08 bits per heavy atom. The highest BCUT2D eigenvalue weighted by molar-refractivity contribution is 4.21. The van der Waals surface area contributed by atoms with E-state index in [0.717, 1.165) is 6.92 Å². The van der Waals surface area contributed by atoms with Crippen molar-refractivity contribution in [2.45, 2.75) is 19.4 Å². The van der Waals surface area contributed by atoms with Gasteiger partial charge >= 0.3 is 0 Å². The van der Waals surface area contributed by atoms with E-state index in [1.54, 1.807) is 0 Å². The van der Waals surface area contributed by atoms with Crippen molar-refractivity contribution in [3.05, 3.63) is 0 Å². The molecule has 0 aliphatic heterocycles. The molecular formula is C6H16O6. The normalized spacial score (nSPS) is 11.0. The molecule has 0 aromatic rings. The first-order valence-corrected chi connectivity index (χ1v) is 3.10. The maximum Gasteiger partial charge on any atom is 0.272 e. The van der Waals surface area contributed by atoms with Gasteiger partial charge in [-0.1, -0.05) is 0 Å². The number of rotatable bonds is 3. The van der Waals surface area contributed by atoms with Crippen molar-refractivity contribution >= 4 is 0 Å². The van der Waals surface area contributed by atoms with Crippen LogP contribution < -0.4 is 0 Å². The molecule has 12 heavy (non-hydrogen) atoms. The molecule has 0 saturated heterocycles. The summed E-state index contributed by atoms with van der Waals surface area (Å²) in [5, 5.41) is 22.9. The zero-order valence-corrected chi connectivity index (χ0v) is 7.64. The van der Waals surface area contributed by atoms with E-state index in [4.69, 9.17) is 15.3 Å². The van der Waals surface area contributed by atoms with E-state index in [2.05, 4.69) is 14.2 Å². The zero-order valence-electron chi connectivity index (χ0n) is 7.64. The summed E-state index contributed by atoms with van der Waals surface area (Å²) in [6, 6.07) is 0. The molecule has 0 spiro atoms. The minimum atomic E-state index is -2.50. The quantitative estimate of drug-likeness (QED) is 0.480. The van der Waals surface area contributed by atoms with Gasteiger partial charge in [0.25, 0.3) is 12.4 Å². The van der Waals surface area contributed by atoms with E-state index in [0.29, 0.717) is 0 Å². The van der Waals surface area contributed by atoms with E-state index in [1.807, 2.05) is 0 Å². The van der Waals surface area contributed by atoms with Gasteiger partial charge in [0.05, 0.1) is 0 Å². The first kappa shape index (κ1) is 14.3. The number of ether oxygens (including phenoxy) is 3. The average molecular weight is 184 g/mol. The van der Waals surface area contributed by atoms with Crippen molar-refractivity contribution in [2.75, 3.05) is 21.3 Å². The Balaban J connectivity index is 0. The summed E-state index contributed by atoms with van der Waals surface area (Å²) in [5.41, 5.74) is 0. The Kier molecular flexibility index (Phi) is 8.83. The Morgan fingerprint density at radius 2 is 1.08 bits per heavy atom. The van der Waals surface area contributed by atoms with Gasteiger partial charge in [-0.05, 0) is 0 Å². The van der Waals surface area contributed by atoms with Crippen LogP contribution in [0.3, 0.4) is 0 Å². The van der Waals surface area contributed by atoms with Crippen LogP contribution in [0.25, 0.3) is 0 Å². The summed E-state index contributed by atoms with van der Waals surface area (Å²) in [5.74, 6) is -2.50. The highest BCUT2D eigenvalue weighted by atomic mass is 16.8. The largest absolute Gasteiger partial charge is 0.344 e. The lowest BCUT2D eigenvalue weighted by atomic mass is 10.7. The van der Waals surface area contributed by atoms with Crippen molar-refractivity contribution in [3.63, 3.8) is 0 Å². The summed E-state index contributed by atoms with van der Waals surface area (Å²) in [4.78, 5) is 0. The van der Waals surface area contributed by atoms with Gasteiger partial charge in [0.2, 0.25) is 0 Å². The molecule has 3 N–H and O–H groups in total. The summed E-state index contributed by atoms with van der Waals surface area (Å²) in [6.07, 6.45) is 0. The van der Waals surface area contributed by atoms with Crippen molar-refractivity contribution in [1.29, 1.82) is 0 Å². The fraction of sp³-hybridized carbons (Fsp3) is 1.00. The predicted octanol–water partition coefficient (Wildman–Crippen LogP) is -1.15. The van der Waals surface area contributed by atoms with E-state index >= 15 is 0 Å². The Labute approximate surface area is 71.3 Å². The third-order valence-electron chi connectivity index (χ3n) is 0.577. The van der Waals surface area contributed by atoms with Crippen LogP contribution in [0.4, 0.5) is 0 Å². The smallest absolute Gasteiger partial charge is 0.272 e. The lowest BCUT2D eigenvalue weighted by Crippen LogP contribution is -2.20. The third-order valence-corrected chi connectivity index (χ3v) is 0.577. The molecule has 6 nitrogen and oxygen atoms in total. The van der Waals surface area contributed by atoms with Gasteiger partial charge in [0, 0.05) is 28.3 Å². The number of methoxy groups -OCH3 is 3. The molecule has 0 radical (unpaired) electrons. The first-order chi connectivity index (χ1) is 5.35. The molecule has 0 atom stereocenters. The van der Waals surface area contributed by atoms with Crippen molar-refractivity contribution in [2.24, 2.45) is 0 Å². The molecule has 0 heterocycles. The standard InChI is InChI=1S/C4H10O3.C2H6O3/c1-5-4(6-2)7-3;1-2(3,4)5/h4H,1-3H3;3-5H,1H3. The SMILES string of the molecule is CC(O)(O)O.COC(OC)OC. The minimum Gasteiger partial charge on any atom is -0.344 e. The van der Waals surface area contributed by atoms with E-state index in [-0.39, 0.29) is 0 Å². The fourth-order valence-corrected chi connectivity index (χ4v) is 0.289. The maximum absolute atomic E-state index is 7.63. The van der Waals surface area contributed by atoms with Crippen LogP contribution in [-0.4, -0.2) is 49.1 Å². The molecular weight excluding hydrogens is 168 g/mol. The van der Waals surface area contributed by atoms with Gasteiger partial charge in [-0.15, -0.1) is 0 Å². The second kappa shape index (κ2) is 7.41. The van der Waals surface area contributed by atoms with Crippen LogP contribution in [-0.2, 0) is 14.2 Å². The first-order valence-electron chi connectivity index (χ1n) is 3.10. The minimum absolute atomic E-state index is 0.514. The van der Waals surface area contributed by atoms with Gasteiger partial charge in [0.15, 0.2) is 0 Å². The van der Waals surface area contributed by atoms with Gasteiger partial charge in [-0.2, -0.15) is 0 Å².